The molecule has 1 saturated heterocycles. The van der Waals surface area contributed by atoms with Crippen LogP contribution in [0.2, 0.25) is 0 Å². The van der Waals surface area contributed by atoms with Crippen molar-refractivity contribution in [1.82, 2.24) is 0 Å². The number of allylic oxidation sites excluding steroid dienone is 2. The molecule has 62 valence electrons. The highest BCUT2D eigenvalue weighted by Crippen LogP contribution is 2.21. The van der Waals surface area contributed by atoms with E-state index in [1.54, 1.807) is 0 Å². The van der Waals surface area contributed by atoms with Gasteiger partial charge in [0.25, 0.3) is 0 Å². The highest BCUT2D eigenvalue weighted by Gasteiger charge is 2.32. The number of fused-ring (bicyclic) bond motifs is 1. The van der Waals surface area contributed by atoms with Crippen LogP contribution < -0.4 is 0 Å². The fourth-order valence-corrected chi connectivity index (χ4v) is 1.44. The number of ketones is 1. The van der Waals surface area contributed by atoms with Gasteiger partial charge >= 0.3 is 0 Å². The lowest BCUT2D eigenvalue weighted by atomic mass is 9.88. The minimum Gasteiger partial charge on any atom is -0.365 e. The number of hydrogen-bond donors (Lipinski definition) is 1. The highest BCUT2D eigenvalue weighted by molar-refractivity contribution is 6.41. The van der Waals surface area contributed by atoms with Crippen LogP contribution in [-0.4, -0.2) is 24.2 Å². The van der Waals surface area contributed by atoms with Crippen molar-refractivity contribution < 1.29 is 9.53 Å². The summed E-state index contributed by atoms with van der Waals surface area (Å²) in [6, 6.07) is 0. The molecule has 2 atom stereocenters. The Morgan fingerprint density at radius 1 is 1.42 bits per heavy atom. The molecule has 2 rings (SSSR count). The second-order valence-electron chi connectivity index (χ2n) is 2.91. The van der Waals surface area contributed by atoms with E-state index in [1.165, 1.54) is 0 Å². The maximum atomic E-state index is 11.0. The van der Waals surface area contributed by atoms with Crippen molar-refractivity contribution in [1.29, 1.82) is 5.41 Å². The minimum atomic E-state index is -0.198. The van der Waals surface area contributed by atoms with Crippen LogP contribution in [0, 0.1) is 11.3 Å². The monoisotopic (exact) mass is 163 g/mol. The first-order chi connectivity index (χ1) is 5.79. The summed E-state index contributed by atoms with van der Waals surface area (Å²) >= 11 is 0. The van der Waals surface area contributed by atoms with Crippen molar-refractivity contribution >= 4 is 11.5 Å². The predicted molar refractivity (Wildman–Crippen MR) is 44.2 cm³/mol. The lowest BCUT2D eigenvalue weighted by Gasteiger charge is -2.28. The molecule has 0 aromatic carbocycles. The SMILES string of the molecule is N=C1C(=O)COC2C=CC=CC12. The fraction of sp³-hybridized carbons (Fsp3) is 0.333. The first kappa shape index (κ1) is 7.43. The normalized spacial score (nSPS) is 33.7. The first-order valence-electron chi connectivity index (χ1n) is 3.87. The Morgan fingerprint density at radius 3 is 3.00 bits per heavy atom. The van der Waals surface area contributed by atoms with Gasteiger partial charge < -0.3 is 10.1 Å². The van der Waals surface area contributed by atoms with E-state index >= 15 is 0 Å². The third-order valence-electron chi connectivity index (χ3n) is 2.12. The number of hydrogen-bond acceptors (Lipinski definition) is 3. The average Bonchev–Trinajstić information content (AvgIpc) is 2.12. The zero-order valence-electron chi connectivity index (χ0n) is 6.49. The maximum Gasteiger partial charge on any atom is 0.202 e. The molecule has 0 radical (unpaired) electrons. The Bertz CT molecular complexity index is 291. The van der Waals surface area contributed by atoms with Crippen LogP contribution in [0.1, 0.15) is 0 Å². The topological polar surface area (TPSA) is 50.2 Å². The fourth-order valence-electron chi connectivity index (χ4n) is 1.44. The molecule has 12 heavy (non-hydrogen) atoms. The maximum absolute atomic E-state index is 11.0. The summed E-state index contributed by atoms with van der Waals surface area (Å²) in [6.07, 6.45) is 7.35. The summed E-state index contributed by atoms with van der Waals surface area (Å²) in [5.41, 5.74) is 0.173. The van der Waals surface area contributed by atoms with Crippen molar-refractivity contribution in [2.75, 3.05) is 6.61 Å². The van der Waals surface area contributed by atoms with Crippen molar-refractivity contribution in [3.8, 4) is 0 Å². The number of nitrogens with one attached hydrogen (secondary N) is 1. The standard InChI is InChI=1S/C9H9NO2/c10-9-6-3-1-2-4-8(6)12-5-7(9)11/h1-4,6,8,10H,5H2. The van der Waals surface area contributed by atoms with Crippen LogP contribution in [0.5, 0.6) is 0 Å². The lowest BCUT2D eigenvalue weighted by molar-refractivity contribution is -0.121. The molecule has 2 aliphatic rings. The molecule has 1 aliphatic carbocycles. The number of carbonyl (C=O) groups excluding carboxylic acids is 1. The quantitative estimate of drug-likeness (QED) is 0.572. The van der Waals surface area contributed by atoms with E-state index in [1.807, 2.05) is 24.3 Å². The largest absolute Gasteiger partial charge is 0.365 e. The number of Topliss-reactive ketones (excluding diaryl/α,β-unsaturated/α-hetero) is 1. The molecule has 0 spiro atoms. The number of ether oxygens (including phenoxy) is 1. The summed E-state index contributed by atoms with van der Waals surface area (Å²) in [6.45, 7) is 0.0538. The van der Waals surface area contributed by atoms with Gasteiger partial charge in [0, 0.05) is 0 Å². The smallest absolute Gasteiger partial charge is 0.202 e. The van der Waals surface area contributed by atoms with Crippen molar-refractivity contribution in [3.63, 3.8) is 0 Å². The summed E-state index contributed by atoms with van der Waals surface area (Å²) in [5, 5.41) is 7.50. The molecule has 0 amide bonds. The van der Waals surface area contributed by atoms with E-state index in [0.717, 1.165) is 0 Å². The summed E-state index contributed by atoms with van der Waals surface area (Å²) in [7, 11) is 0. The van der Waals surface area contributed by atoms with E-state index in [9.17, 15) is 4.79 Å². The van der Waals surface area contributed by atoms with Crippen LogP contribution in [-0.2, 0) is 9.53 Å². The van der Waals surface area contributed by atoms with E-state index in [0.29, 0.717) is 0 Å². The number of carbonyl (C=O) groups is 1. The van der Waals surface area contributed by atoms with Crippen LogP contribution in [0.25, 0.3) is 0 Å². The molecular formula is C9H9NO2. The zero-order chi connectivity index (χ0) is 8.55. The van der Waals surface area contributed by atoms with Gasteiger partial charge in [-0.25, -0.2) is 0 Å². The van der Waals surface area contributed by atoms with Crippen molar-refractivity contribution in [2.24, 2.45) is 5.92 Å². The zero-order valence-corrected chi connectivity index (χ0v) is 6.49. The van der Waals surface area contributed by atoms with Gasteiger partial charge in [-0.05, 0) is 0 Å². The van der Waals surface area contributed by atoms with E-state index < -0.39 is 0 Å². The highest BCUT2D eigenvalue weighted by atomic mass is 16.5. The van der Waals surface area contributed by atoms with Crippen LogP contribution >= 0.6 is 0 Å². The van der Waals surface area contributed by atoms with Gasteiger partial charge in [-0.2, -0.15) is 0 Å². The second kappa shape index (κ2) is 2.68. The van der Waals surface area contributed by atoms with Gasteiger partial charge in [-0.1, -0.05) is 24.3 Å². The molecule has 1 fully saturated rings. The van der Waals surface area contributed by atoms with Gasteiger partial charge in [-0.3, -0.25) is 4.79 Å². The Labute approximate surface area is 70.2 Å². The summed E-state index contributed by atoms with van der Waals surface area (Å²) in [5.74, 6) is -0.354. The van der Waals surface area contributed by atoms with Crippen LogP contribution in [0.4, 0.5) is 0 Å². The molecule has 1 N–H and O–H groups in total. The second-order valence-corrected chi connectivity index (χ2v) is 2.91. The van der Waals surface area contributed by atoms with Gasteiger partial charge in [0.05, 0.1) is 17.7 Å². The third-order valence-corrected chi connectivity index (χ3v) is 2.12. The molecule has 0 bridgehead atoms. The number of rotatable bonds is 0. The molecule has 0 aromatic heterocycles. The van der Waals surface area contributed by atoms with E-state index in [-0.39, 0.29) is 30.1 Å². The van der Waals surface area contributed by atoms with E-state index in [4.69, 9.17) is 10.1 Å². The third kappa shape index (κ3) is 1.02. The van der Waals surface area contributed by atoms with E-state index in [2.05, 4.69) is 0 Å². The molecular weight excluding hydrogens is 154 g/mol. The molecule has 2 unspecified atom stereocenters. The van der Waals surface area contributed by atoms with Crippen LogP contribution in [0.15, 0.2) is 24.3 Å². The van der Waals surface area contributed by atoms with Gasteiger partial charge in [-0.15, -0.1) is 0 Å². The molecule has 1 aliphatic heterocycles. The van der Waals surface area contributed by atoms with Gasteiger partial charge in [0.15, 0.2) is 0 Å². The van der Waals surface area contributed by atoms with Gasteiger partial charge in [0.2, 0.25) is 5.78 Å². The molecule has 3 heteroatoms. The minimum absolute atomic E-state index is 0.0538. The Balaban J connectivity index is 2.26. The molecule has 0 aromatic rings. The summed E-state index contributed by atoms with van der Waals surface area (Å²) < 4.78 is 5.24. The predicted octanol–water partition coefficient (Wildman–Crippen LogP) is 0.716. The molecule has 0 saturated carbocycles. The Morgan fingerprint density at radius 2 is 2.17 bits per heavy atom. The van der Waals surface area contributed by atoms with Crippen molar-refractivity contribution in [3.05, 3.63) is 24.3 Å². The Hall–Kier alpha value is -1.22. The summed E-state index contributed by atoms with van der Waals surface area (Å²) in [4.78, 5) is 11.0. The van der Waals surface area contributed by atoms with Gasteiger partial charge in [0.1, 0.15) is 6.61 Å². The molecule has 1 heterocycles. The van der Waals surface area contributed by atoms with Crippen molar-refractivity contribution in [2.45, 2.75) is 6.10 Å². The van der Waals surface area contributed by atoms with Crippen LogP contribution in [0.3, 0.4) is 0 Å². The first-order valence-corrected chi connectivity index (χ1v) is 3.87. The Kier molecular flexibility index (Phi) is 1.66. The average molecular weight is 163 g/mol. The lowest BCUT2D eigenvalue weighted by Crippen LogP contribution is -2.41. The molecule has 3 nitrogen and oxygen atoms in total.